The van der Waals surface area contributed by atoms with Gasteiger partial charge in [0.1, 0.15) is 11.5 Å². The van der Waals surface area contributed by atoms with E-state index in [0.717, 1.165) is 24.0 Å². The minimum absolute atomic E-state index is 0.0326. The van der Waals surface area contributed by atoms with Crippen molar-refractivity contribution in [3.8, 4) is 11.5 Å². The maximum absolute atomic E-state index is 13.5. The summed E-state index contributed by atoms with van der Waals surface area (Å²) in [5.41, 5.74) is 3.38. The van der Waals surface area contributed by atoms with Crippen LogP contribution >= 0.6 is 0 Å². The third kappa shape index (κ3) is 6.26. The summed E-state index contributed by atoms with van der Waals surface area (Å²) in [6.45, 7) is 0.587. The third-order valence-corrected chi connectivity index (χ3v) is 9.59. The number of nitrogens with zero attached hydrogens (tertiary/aromatic N) is 2. The number of ether oxygens (including phenoxy) is 2. The van der Waals surface area contributed by atoms with Crippen molar-refractivity contribution < 1.29 is 27.5 Å². The predicted molar refractivity (Wildman–Crippen MR) is 168 cm³/mol. The Balaban J connectivity index is 1.09. The molecule has 0 radical (unpaired) electrons. The maximum atomic E-state index is 13.5. The van der Waals surface area contributed by atoms with Crippen molar-refractivity contribution >= 4 is 33.2 Å². The molecule has 6 rings (SSSR count). The number of benzene rings is 4. The summed E-state index contributed by atoms with van der Waals surface area (Å²) in [6.07, 6.45) is 1.39. The molecule has 0 bridgehead atoms. The van der Waals surface area contributed by atoms with Crippen molar-refractivity contribution in [3.05, 3.63) is 114 Å². The summed E-state index contributed by atoms with van der Waals surface area (Å²) >= 11 is 0. The van der Waals surface area contributed by atoms with Crippen LogP contribution in [0, 0.1) is 0 Å². The van der Waals surface area contributed by atoms with Gasteiger partial charge in [-0.25, -0.2) is 8.42 Å². The fourth-order valence-electron chi connectivity index (χ4n) is 5.50. The van der Waals surface area contributed by atoms with Gasteiger partial charge in [-0.2, -0.15) is 0 Å². The summed E-state index contributed by atoms with van der Waals surface area (Å²) in [5.74, 6) is 0.129. The van der Waals surface area contributed by atoms with Crippen LogP contribution in [-0.4, -0.2) is 52.6 Å². The lowest BCUT2D eigenvalue weighted by molar-refractivity contribution is -0.128. The van der Waals surface area contributed by atoms with Gasteiger partial charge in [-0.1, -0.05) is 60.7 Å². The Labute approximate surface area is 257 Å². The molecule has 9 nitrogen and oxygen atoms in total. The van der Waals surface area contributed by atoms with Crippen LogP contribution in [0.1, 0.15) is 17.5 Å². The number of carbonyl (C=O) groups is 2. The molecule has 0 aromatic heterocycles. The number of fused-ring (bicyclic) bond motifs is 2. The highest BCUT2D eigenvalue weighted by molar-refractivity contribution is 7.92. The van der Waals surface area contributed by atoms with Crippen molar-refractivity contribution in [3.63, 3.8) is 0 Å². The number of aryl methyl sites for hydroxylation is 1. The van der Waals surface area contributed by atoms with E-state index in [1.165, 1.54) is 21.3 Å². The summed E-state index contributed by atoms with van der Waals surface area (Å²) in [6, 6.07) is 30.5. The van der Waals surface area contributed by atoms with Crippen LogP contribution in [0.25, 0.3) is 0 Å². The van der Waals surface area contributed by atoms with Crippen LogP contribution in [0.15, 0.2) is 108 Å². The first kappa shape index (κ1) is 29.3. The molecule has 4 aromatic rings. The SMILES string of the molecule is O=C(NCCc1ccccc1)[C@H]1CN(C(=O)COc2ccc(S(=O)(=O)N3CCCc4ccccc43)cc2)c2ccccc2O1. The van der Waals surface area contributed by atoms with Crippen LogP contribution in [-0.2, 0) is 32.5 Å². The van der Waals surface area contributed by atoms with Crippen molar-refractivity contribution in [1.82, 2.24) is 5.32 Å². The zero-order valence-electron chi connectivity index (χ0n) is 24.1. The Bertz CT molecular complexity index is 1740. The number of sulfonamides is 1. The Morgan fingerprint density at radius 2 is 1.57 bits per heavy atom. The normalized spacial score (nSPS) is 15.9. The predicted octanol–water partition coefficient (Wildman–Crippen LogP) is 4.36. The Morgan fingerprint density at radius 3 is 2.36 bits per heavy atom. The minimum atomic E-state index is -3.76. The highest BCUT2D eigenvalue weighted by Gasteiger charge is 2.34. The van der Waals surface area contributed by atoms with Gasteiger partial charge in [0.15, 0.2) is 12.7 Å². The highest BCUT2D eigenvalue weighted by atomic mass is 32.2. The van der Waals surface area contributed by atoms with Crippen molar-refractivity contribution in [2.75, 3.05) is 35.4 Å². The van der Waals surface area contributed by atoms with Crippen LogP contribution < -0.4 is 24.0 Å². The minimum Gasteiger partial charge on any atom is -0.484 e. The number of hydrogen-bond donors (Lipinski definition) is 1. The molecule has 1 N–H and O–H groups in total. The molecule has 226 valence electrons. The lowest BCUT2D eigenvalue weighted by Gasteiger charge is -2.34. The number of amides is 2. The quantitative estimate of drug-likeness (QED) is 0.302. The molecule has 0 spiro atoms. The second-order valence-corrected chi connectivity index (χ2v) is 12.5. The van der Waals surface area contributed by atoms with Gasteiger partial charge in [-0.15, -0.1) is 0 Å². The fraction of sp³-hybridized carbons (Fsp3) is 0.235. The molecule has 0 saturated heterocycles. The van der Waals surface area contributed by atoms with E-state index in [1.54, 1.807) is 36.4 Å². The molecule has 44 heavy (non-hydrogen) atoms. The van der Waals surface area contributed by atoms with Gasteiger partial charge in [-0.05, 0) is 72.9 Å². The van der Waals surface area contributed by atoms with Crippen molar-refractivity contribution in [1.29, 1.82) is 0 Å². The molecule has 0 fully saturated rings. The third-order valence-electron chi connectivity index (χ3n) is 7.76. The second-order valence-electron chi connectivity index (χ2n) is 10.7. The zero-order chi connectivity index (χ0) is 30.5. The average molecular weight is 612 g/mol. The van der Waals surface area contributed by atoms with Gasteiger partial charge in [0.2, 0.25) is 0 Å². The molecule has 2 aliphatic heterocycles. The van der Waals surface area contributed by atoms with Crippen LogP contribution in [0.4, 0.5) is 11.4 Å². The van der Waals surface area contributed by atoms with Crippen molar-refractivity contribution in [2.45, 2.75) is 30.3 Å². The summed E-state index contributed by atoms with van der Waals surface area (Å²) in [5, 5.41) is 2.91. The van der Waals surface area contributed by atoms with E-state index >= 15 is 0 Å². The van der Waals surface area contributed by atoms with E-state index < -0.39 is 16.1 Å². The molecule has 1 atom stereocenters. The van der Waals surface area contributed by atoms with Gasteiger partial charge in [0.05, 0.1) is 22.8 Å². The first-order valence-corrected chi connectivity index (χ1v) is 16.1. The fourth-order valence-corrected chi connectivity index (χ4v) is 7.04. The van der Waals surface area contributed by atoms with Crippen molar-refractivity contribution in [2.24, 2.45) is 0 Å². The molecular formula is C34H33N3O6S. The molecule has 0 aliphatic carbocycles. The lowest BCUT2D eigenvalue weighted by Crippen LogP contribution is -2.52. The molecule has 0 saturated carbocycles. The first-order valence-electron chi connectivity index (χ1n) is 14.6. The number of rotatable bonds is 9. The molecule has 0 unspecified atom stereocenters. The van der Waals surface area contributed by atoms with Gasteiger partial charge >= 0.3 is 0 Å². The molecule has 10 heteroatoms. The highest BCUT2D eigenvalue weighted by Crippen LogP contribution is 2.34. The van der Waals surface area contributed by atoms with Crippen LogP contribution in [0.3, 0.4) is 0 Å². The van der Waals surface area contributed by atoms with E-state index in [4.69, 9.17) is 9.47 Å². The van der Waals surface area contributed by atoms with Gasteiger partial charge in [0.25, 0.3) is 21.8 Å². The van der Waals surface area contributed by atoms with Gasteiger partial charge < -0.3 is 19.7 Å². The number of nitrogens with one attached hydrogen (secondary N) is 1. The average Bonchev–Trinajstić information content (AvgIpc) is 3.07. The molecule has 2 amide bonds. The van der Waals surface area contributed by atoms with E-state index in [2.05, 4.69) is 5.32 Å². The summed E-state index contributed by atoms with van der Waals surface area (Å²) in [7, 11) is -3.76. The standard InChI is InChI=1S/C34H33N3O6S/c38-33(24-42-27-16-18-28(19-17-27)44(40,41)37-22-8-12-26-11-4-5-13-29(26)37)36-23-32(43-31-15-7-6-14-30(31)36)34(39)35-21-20-25-9-2-1-3-10-25/h1-7,9-11,13-19,32H,8,12,20-24H2,(H,35,39)/t32-/m1/s1. The van der Waals surface area contributed by atoms with Gasteiger partial charge in [0, 0.05) is 13.1 Å². The summed E-state index contributed by atoms with van der Waals surface area (Å²) in [4.78, 5) is 28.0. The van der Waals surface area contributed by atoms with E-state index in [9.17, 15) is 18.0 Å². The molecule has 4 aromatic carbocycles. The van der Waals surface area contributed by atoms with Crippen LogP contribution in [0.5, 0.6) is 11.5 Å². The largest absolute Gasteiger partial charge is 0.484 e. The number of anilines is 2. The smallest absolute Gasteiger partial charge is 0.265 e. The Morgan fingerprint density at radius 1 is 0.864 bits per heavy atom. The van der Waals surface area contributed by atoms with Gasteiger partial charge in [-0.3, -0.25) is 13.9 Å². The van der Waals surface area contributed by atoms with E-state index in [-0.39, 0.29) is 29.9 Å². The number of carbonyl (C=O) groups excluding carboxylic acids is 2. The maximum Gasteiger partial charge on any atom is 0.265 e. The molecule has 2 aliphatic rings. The first-order chi connectivity index (χ1) is 21.4. The Hall–Kier alpha value is -4.83. The monoisotopic (exact) mass is 611 g/mol. The lowest BCUT2D eigenvalue weighted by atomic mass is 10.0. The number of hydrogen-bond acceptors (Lipinski definition) is 6. The zero-order valence-corrected chi connectivity index (χ0v) is 24.9. The van der Waals surface area contributed by atoms with E-state index in [1.807, 2.05) is 54.6 Å². The summed E-state index contributed by atoms with van der Waals surface area (Å²) < 4.78 is 40.1. The Kier molecular flexibility index (Phi) is 8.51. The molecule has 2 heterocycles. The second kappa shape index (κ2) is 12.8. The topological polar surface area (TPSA) is 105 Å². The number of para-hydroxylation sites is 3. The van der Waals surface area contributed by atoms with E-state index in [0.29, 0.717) is 42.4 Å². The van der Waals surface area contributed by atoms with Crippen LogP contribution in [0.2, 0.25) is 0 Å². The molecular weight excluding hydrogens is 578 g/mol.